The largest absolute Gasteiger partial charge is 0.398 e. The molecular formula is C13H15N3O. The lowest BCUT2D eigenvalue weighted by molar-refractivity contribution is 0.123. The normalized spacial score (nSPS) is 16.4. The molecule has 4 nitrogen and oxygen atoms in total. The smallest absolute Gasteiger partial charge is 0.0642 e. The summed E-state index contributed by atoms with van der Waals surface area (Å²) in [6.45, 7) is 3.44. The van der Waals surface area contributed by atoms with E-state index >= 15 is 0 Å². The number of nitrogen functional groups attached to an aromatic ring is 1. The molecule has 1 aromatic carbocycles. The van der Waals surface area contributed by atoms with Gasteiger partial charge in [-0.05, 0) is 18.2 Å². The van der Waals surface area contributed by atoms with Gasteiger partial charge in [0.25, 0.3) is 0 Å². The second kappa shape index (κ2) is 4.22. The minimum atomic E-state index is 0.783. The molecule has 1 saturated heterocycles. The third-order valence-corrected chi connectivity index (χ3v) is 3.18. The Morgan fingerprint density at radius 1 is 1.12 bits per heavy atom. The van der Waals surface area contributed by atoms with E-state index in [0.717, 1.165) is 37.4 Å². The highest BCUT2D eigenvalue weighted by Gasteiger charge is 2.14. The molecule has 0 unspecified atom stereocenters. The molecule has 0 aliphatic carbocycles. The number of pyridine rings is 1. The number of nitrogens with two attached hydrogens (primary N) is 1. The zero-order chi connectivity index (χ0) is 11.7. The maximum Gasteiger partial charge on any atom is 0.0642 e. The van der Waals surface area contributed by atoms with Crippen molar-refractivity contribution in [3.05, 3.63) is 30.6 Å². The minimum absolute atomic E-state index is 0.783. The van der Waals surface area contributed by atoms with E-state index in [-0.39, 0.29) is 0 Å². The first-order valence-electron chi connectivity index (χ1n) is 5.81. The highest BCUT2D eigenvalue weighted by atomic mass is 16.5. The van der Waals surface area contributed by atoms with Crippen molar-refractivity contribution in [2.75, 3.05) is 36.9 Å². The summed E-state index contributed by atoms with van der Waals surface area (Å²) in [5, 5.41) is 2.19. The molecule has 0 atom stereocenters. The second-order valence-electron chi connectivity index (χ2n) is 4.19. The van der Waals surface area contributed by atoms with E-state index in [1.807, 2.05) is 24.5 Å². The fourth-order valence-corrected chi connectivity index (χ4v) is 2.28. The molecule has 3 rings (SSSR count). The molecule has 1 aromatic heterocycles. The highest BCUT2D eigenvalue weighted by Crippen LogP contribution is 2.30. The van der Waals surface area contributed by atoms with Gasteiger partial charge in [0.1, 0.15) is 0 Å². The number of hydrogen-bond donors (Lipinski definition) is 1. The van der Waals surface area contributed by atoms with Crippen molar-refractivity contribution in [1.82, 2.24) is 4.98 Å². The van der Waals surface area contributed by atoms with Crippen LogP contribution in [-0.2, 0) is 4.74 Å². The van der Waals surface area contributed by atoms with Crippen LogP contribution in [0.25, 0.3) is 10.8 Å². The first kappa shape index (κ1) is 10.4. The Kier molecular flexibility index (Phi) is 2.57. The van der Waals surface area contributed by atoms with Crippen LogP contribution < -0.4 is 10.6 Å². The van der Waals surface area contributed by atoms with E-state index in [4.69, 9.17) is 10.5 Å². The first-order valence-corrected chi connectivity index (χ1v) is 5.81. The van der Waals surface area contributed by atoms with Gasteiger partial charge in [-0.15, -0.1) is 0 Å². The van der Waals surface area contributed by atoms with E-state index in [9.17, 15) is 0 Å². The second-order valence-corrected chi connectivity index (χ2v) is 4.19. The zero-order valence-electron chi connectivity index (χ0n) is 9.60. The Bertz CT molecular complexity index is 535. The standard InChI is InChI=1S/C13H15N3O/c14-12-1-2-13(16-5-7-17-8-6-16)10-3-4-15-9-11(10)12/h1-4,9H,5-8,14H2. The topological polar surface area (TPSA) is 51.4 Å². The van der Waals surface area contributed by atoms with Crippen LogP contribution in [0.2, 0.25) is 0 Å². The number of ether oxygens (including phenoxy) is 1. The maximum absolute atomic E-state index is 5.97. The van der Waals surface area contributed by atoms with Crippen molar-refractivity contribution < 1.29 is 4.74 Å². The van der Waals surface area contributed by atoms with E-state index in [2.05, 4.69) is 16.0 Å². The van der Waals surface area contributed by atoms with Gasteiger partial charge in [-0.2, -0.15) is 0 Å². The van der Waals surface area contributed by atoms with Crippen LogP contribution >= 0.6 is 0 Å². The molecule has 2 N–H and O–H groups in total. The van der Waals surface area contributed by atoms with Crippen LogP contribution in [0.4, 0.5) is 11.4 Å². The van der Waals surface area contributed by atoms with Crippen molar-refractivity contribution in [3.8, 4) is 0 Å². The van der Waals surface area contributed by atoms with E-state index in [1.165, 1.54) is 11.1 Å². The molecule has 0 radical (unpaired) electrons. The zero-order valence-corrected chi connectivity index (χ0v) is 9.60. The summed E-state index contributed by atoms with van der Waals surface area (Å²) >= 11 is 0. The summed E-state index contributed by atoms with van der Waals surface area (Å²) in [5.74, 6) is 0. The Morgan fingerprint density at radius 3 is 2.76 bits per heavy atom. The van der Waals surface area contributed by atoms with Crippen LogP contribution in [0.3, 0.4) is 0 Å². The summed E-state index contributed by atoms with van der Waals surface area (Å²) in [6, 6.07) is 6.06. The lowest BCUT2D eigenvalue weighted by Gasteiger charge is -2.30. The number of anilines is 2. The van der Waals surface area contributed by atoms with Gasteiger partial charge in [0.2, 0.25) is 0 Å². The third-order valence-electron chi connectivity index (χ3n) is 3.18. The van der Waals surface area contributed by atoms with E-state index in [1.54, 1.807) is 0 Å². The average molecular weight is 229 g/mol. The molecule has 1 aliphatic rings. The van der Waals surface area contributed by atoms with E-state index in [0.29, 0.717) is 0 Å². The molecule has 1 aliphatic heterocycles. The molecule has 4 heteroatoms. The number of benzene rings is 1. The molecule has 0 bridgehead atoms. The van der Waals surface area contributed by atoms with Crippen molar-refractivity contribution in [3.63, 3.8) is 0 Å². The van der Waals surface area contributed by atoms with Gasteiger partial charge < -0.3 is 15.4 Å². The molecule has 88 valence electrons. The Morgan fingerprint density at radius 2 is 1.94 bits per heavy atom. The van der Waals surface area contributed by atoms with Gasteiger partial charge in [0.05, 0.1) is 13.2 Å². The summed E-state index contributed by atoms with van der Waals surface area (Å²) in [4.78, 5) is 6.48. The number of fused-ring (bicyclic) bond motifs is 1. The van der Waals surface area contributed by atoms with Crippen molar-refractivity contribution in [1.29, 1.82) is 0 Å². The Balaban J connectivity index is 2.12. The molecule has 1 fully saturated rings. The molecular weight excluding hydrogens is 214 g/mol. The van der Waals surface area contributed by atoms with Crippen molar-refractivity contribution >= 4 is 22.1 Å². The van der Waals surface area contributed by atoms with Crippen LogP contribution in [0.5, 0.6) is 0 Å². The average Bonchev–Trinajstić information content (AvgIpc) is 2.41. The monoisotopic (exact) mass is 229 g/mol. The number of nitrogens with zero attached hydrogens (tertiary/aromatic N) is 2. The van der Waals surface area contributed by atoms with Gasteiger partial charge >= 0.3 is 0 Å². The summed E-state index contributed by atoms with van der Waals surface area (Å²) < 4.78 is 5.38. The number of morpholine rings is 1. The fourth-order valence-electron chi connectivity index (χ4n) is 2.28. The van der Waals surface area contributed by atoms with Crippen LogP contribution in [-0.4, -0.2) is 31.3 Å². The first-order chi connectivity index (χ1) is 8.36. The summed E-state index contributed by atoms with van der Waals surface area (Å²) in [6.07, 6.45) is 3.64. The lowest BCUT2D eigenvalue weighted by Crippen LogP contribution is -2.36. The Hall–Kier alpha value is -1.81. The highest BCUT2D eigenvalue weighted by molar-refractivity contribution is 6.00. The number of rotatable bonds is 1. The van der Waals surface area contributed by atoms with Gasteiger partial charge in [-0.1, -0.05) is 0 Å². The minimum Gasteiger partial charge on any atom is -0.398 e. The number of aromatic nitrogens is 1. The third kappa shape index (κ3) is 1.80. The summed E-state index contributed by atoms with van der Waals surface area (Å²) in [7, 11) is 0. The van der Waals surface area contributed by atoms with Crippen LogP contribution in [0.15, 0.2) is 30.6 Å². The van der Waals surface area contributed by atoms with Crippen LogP contribution in [0.1, 0.15) is 0 Å². The molecule has 0 spiro atoms. The van der Waals surface area contributed by atoms with Gasteiger partial charge in [0.15, 0.2) is 0 Å². The van der Waals surface area contributed by atoms with Gasteiger partial charge in [-0.3, -0.25) is 4.98 Å². The molecule has 0 amide bonds. The van der Waals surface area contributed by atoms with E-state index < -0.39 is 0 Å². The molecule has 2 aromatic rings. The quantitative estimate of drug-likeness (QED) is 0.755. The Labute approximate surface area is 100.0 Å². The van der Waals surface area contributed by atoms with Gasteiger partial charge in [-0.25, -0.2) is 0 Å². The van der Waals surface area contributed by atoms with Gasteiger partial charge in [0, 0.05) is 47.6 Å². The number of hydrogen-bond acceptors (Lipinski definition) is 4. The molecule has 17 heavy (non-hydrogen) atoms. The summed E-state index contributed by atoms with van der Waals surface area (Å²) in [5.41, 5.74) is 7.98. The van der Waals surface area contributed by atoms with Crippen molar-refractivity contribution in [2.45, 2.75) is 0 Å². The lowest BCUT2D eigenvalue weighted by atomic mass is 10.1. The van der Waals surface area contributed by atoms with Crippen molar-refractivity contribution in [2.24, 2.45) is 0 Å². The SMILES string of the molecule is Nc1ccc(N2CCOCC2)c2ccncc12. The fraction of sp³-hybridized carbons (Fsp3) is 0.308. The predicted molar refractivity (Wildman–Crippen MR) is 69.2 cm³/mol. The maximum atomic E-state index is 5.97. The molecule has 2 heterocycles. The van der Waals surface area contributed by atoms with Crippen LogP contribution in [0, 0.1) is 0 Å². The molecule has 0 saturated carbocycles. The predicted octanol–water partition coefficient (Wildman–Crippen LogP) is 1.65.